The Morgan fingerprint density at radius 3 is 2.93 bits per heavy atom. The van der Waals surface area contributed by atoms with Crippen molar-refractivity contribution in [1.29, 1.82) is 0 Å². The van der Waals surface area contributed by atoms with E-state index in [9.17, 15) is 4.79 Å². The first-order chi connectivity index (χ1) is 6.74. The molecule has 0 spiro atoms. The van der Waals surface area contributed by atoms with Gasteiger partial charge in [-0.15, -0.1) is 0 Å². The topological polar surface area (TPSA) is 29.1 Å². The quantitative estimate of drug-likeness (QED) is 0.810. The molecule has 0 unspecified atom stereocenters. The van der Waals surface area contributed by atoms with E-state index in [2.05, 4.69) is 12.2 Å². The molecule has 2 rings (SSSR count). The standard InChI is InChI=1S/C11H15NOS/c1-2-11(4-5-11)12-10(13)7-9-3-6-14-8-9/h3,6,8H,2,4-5,7H2,1H3,(H,12,13). The Morgan fingerprint density at radius 2 is 2.43 bits per heavy atom. The summed E-state index contributed by atoms with van der Waals surface area (Å²) >= 11 is 1.64. The van der Waals surface area contributed by atoms with Crippen molar-refractivity contribution in [3.05, 3.63) is 22.4 Å². The average Bonchev–Trinajstić information content (AvgIpc) is 2.74. The van der Waals surface area contributed by atoms with Crippen LogP contribution in [-0.2, 0) is 11.2 Å². The van der Waals surface area contributed by atoms with E-state index < -0.39 is 0 Å². The van der Waals surface area contributed by atoms with E-state index in [1.807, 2.05) is 16.8 Å². The summed E-state index contributed by atoms with van der Waals surface area (Å²) in [4.78, 5) is 11.6. The Kier molecular flexibility index (Phi) is 2.59. The molecule has 1 fully saturated rings. The van der Waals surface area contributed by atoms with Crippen LogP contribution in [0.25, 0.3) is 0 Å². The van der Waals surface area contributed by atoms with Crippen LogP contribution in [0.4, 0.5) is 0 Å². The van der Waals surface area contributed by atoms with Crippen LogP contribution in [0, 0.1) is 0 Å². The van der Waals surface area contributed by atoms with Gasteiger partial charge in [-0.05, 0) is 41.7 Å². The Bertz CT molecular complexity index is 314. The van der Waals surface area contributed by atoms with Crippen molar-refractivity contribution < 1.29 is 4.79 Å². The molecule has 1 aliphatic carbocycles. The van der Waals surface area contributed by atoms with E-state index in [-0.39, 0.29) is 11.4 Å². The first-order valence-corrected chi connectivity index (χ1v) is 6.00. The molecular weight excluding hydrogens is 194 g/mol. The number of carbonyl (C=O) groups excluding carboxylic acids is 1. The maximum Gasteiger partial charge on any atom is 0.224 e. The van der Waals surface area contributed by atoms with Crippen LogP contribution >= 0.6 is 11.3 Å². The van der Waals surface area contributed by atoms with Crippen molar-refractivity contribution in [2.24, 2.45) is 0 Å². The second-order valence-corrected chi connectivity index (χ2v) is 4.77. The average molecular weight is 209 g/mol. The van der Waals surface area contributed by atoms with Gasteiger partial charge in [-0.3, -0.25) is 4.79 Å². The molecule has 2 nitrogen and oxygen atoms in total. The number of carbonyl (C=O) groups is 1. The van der Waals surface area contributed by atoms with Gasteiger partial charge in [0.25, 0.3) is 0 Å². The molecule has 76 valence electrons. The zero-order chi connectivity index (χ0) is 10.0. The molecule has 0 aromatic carbocycles. The van der Waals surface area contributed by atoms with Crippen molar-refractivity contribution in [3.63, 3.8) is 0 Å². The SMILES string of the molecule is CCC1(NC(=O)Cc2ccsc2)CC1. The normalized spacial score (nSPS) is 17.8. The summed E-state index contributed by atoms with van der Waals surface area (Å²) < 4.78 is 0. The predicted molar refractivity (Wildman–Crippen MR) is 58.4 cm³/mol. The summed E-state index contributed by atoms with van der Waals surface area (Å²) in [5.74, 6) is 0.169. The van der Waals surface area contributed by atoms with Gasteiger partial charge in [-0.1, -0.05) is 6.92 Å². The summed E-state index contributed by atoms with van der Waals surface area (Å²) in [5, 5.41) is 7.16. The summed E-state index contributed by atoms with van der Waals surface area (Å²) in [6.45, 7) is 2.14. The van der Waals surface area contributed by atoms with E-state index in [1.54, 1.807) is 11.3 Å². The van der Waals surface area contributed by atoms with Crippen LogP contribution in [0.5, 0.6) is 0 Å². The Balaban J connectivity index is 1.85. The lowest BCUT2D eigenvalue weighted by atomic mass is 10.1. The predicted octanol–water partition coefficient (Wildman–Crippen LogP) is 2.35. The number of hydrogen-bond donors (Lipinski definition) is 1. The zero-order valence-electron chi connectivity index (χ0n) is 8.38. The third-order valence-corrected chi connectivity index (χ3v) is 3.61. The fourth-order valence-electron chi connectivity index (χ4n) is 1.64. The largest absolute Gasteiger partial charge is 0.350 e. The maximum atomic E-state index is 11.6. The van der Waals surface area contributed by atoms with Gasteiger partial charge in [0.1, 0.15) is 0 Å². The Hall–Kier alpha value is -0.830. The monoisotopic (exact) mass is 209 g/mol. The zero-order valence-corrected chi connectivity index (χ0v) is 9.19. The fourth-order valence-corrected chi connectivity index (χ4v) is 2.31. The van der Waals surface area contributed by atoms with Gasteiger partial charge in [0.15, 0.2) is 0 Å². The highest BCUT2D eigenvalue weighted by Crippen LogP contribution is 2.38. The minimum absolute atomic E-state index is 0.160. The second kappa shape index (κ2) is 3.73. The first-order valence-electron chi connectivity index (χ1n) is 5.06. The lowest BCUT2D eigenvalue weighted by Gasteiger charge is -2.14. The Labute approximate surface area is 88.3 Å². The molecule has 0 atom stereocenters. The van der Waals surface area contributed by atoms with E-state index in [0.717, 1.165) is 24.8 Å². The van der Waals surface area contributed by atoms with Crippen molar-refractivity contribution >= 4 is 17.2 Å². The van der Waals surface area contributed by atoms with Gasteiger partial charge >= 0.3 is 0 Å². The van der Waals surface area contributed by atoms with Gasteiger partial charge in [0, 0.05) is 5.54 Å². The van der Waals surface area contributed by atoms with Crippen LogP contribution < -0.4 is 5.32 Å². The third kappa shape index (κ3) is 2.15. The summed E-state index contributed by atoms with van der Waals surface area (Å²) in [7, 11) is 0. The third-order valence-electron chi connectivity index (χ3n) is 2.88. The minimum Gasteiger partial charge on any atom is -0.350 e. The molecule has 1 N–H and O–H groups in total. The molecule has 0 saturated heterocycles. The first kappa shape index (κ1) is 9.71. The second-order valence-electron chi connectivity index (χ2n) is 3.99. The molecule has 14 heavy (non-hydrogen) atoms. The number of hydrogen-bond acceptors (Lipinski definition) is 2. The molecule has 1 heterocycles. The fraction of sp³-hybridized carbons (Fsp3) is 0.545. The lowest BCUT2D eigenvalue weighted by Crippen LogP contribution is -2.37. The van der Waals surface area contributed by atoms with Crippen LogP contribution in [0.3, 0.4) is 0 Å². The molecular formula is C11H15NOS. The lowest BCUT2D eigenvalue weighted by molar-refractivity contribution is -0.121. The number of amides is 1. The highest BCUT2D eigenvalue weighted by Gasteiger charge is 2.41. The highest BCUT2D eigenvalue weighted by molar-refractivity contribution is 7.07. The number of thiophene rings is 1. The van der Waals surface area contributed by atoms with E-state index in [1.165, 1.54) is 0 Å². The van der Waals surface area contributed by atoms with Crippen molar-refractivity contribution in [2.75, 3.05) is 0 Å². The molecule has 1 aromatic rings. The number of rotatable bonds is 4. The van der Waals surface area contributed by atoms with Crippen LogP contribution in [-0.4, -0.2) is 11.4 Å². The molecule has 1 saturated carbocycles. The van der Waals surface area contributed by atoms with Gasteiger partial charge in [0.05, 0.1) is 6.42 Å². The Morgan fingerprint density at radius 1 is 1.64 bits per heavy atom. The highest BCUT2D eigenvalue weighted by atomic mass is 32.1. The van der Waals surface area contributed by atoms with Gasteiger partial charge in [-0.2, -0.15) is 11.3 Å². The summed E-state index contributed by atoms with van der Waals surface area (Å²) in [5.41, 5.74) is 1.28. The van der Waals surface area contributed by atoms with Crippen LogP contribution in [0.2, 0.25) is 0 Å². The molecule has 1 aromatic heterocycles. The molecule has 0 aliphatic heterocycles. The van der Waals surface area contributed by atoms with E-state index in [4.69, 9.17) is 0 Å². The van der Waals surface area contributed by atoms with Crippen LogP contribution in [0.1, 0.15) is 31.7 Å². The molecule has 0 bridgehead atoms. The van der Waals surface area contributed by atoms with Gasteiger partial charge in [-0.25, -0.2) is 0 Å². The van der Waals surface area contributed by atoms with E-state index >= 15 is 0 Å². The maximum absolute atomic E-state index is 11.6. The van der Waals surface area contributed by atoms with Crippen LogP contribution in [0.15, 0.2) is 16.8 Å². The van der Waals surface area contributed by atoms with Gasteiger partial charge < -0.3 is 5.32 Å². The van der Waals surface area contributed by atoms with Gasteiger partial charge in [0.2, 0.25) is 5.91 Å². The smallest absolute Gasteiger partial charge is 0.224 e. The summed E-state index contributed by atoms with van der Waals surface area (Å²) in [6.07, 6.45) is 3.89. The van der Waals surface area contributed by atoms with Crippen molar-refractivity contribution in [1.82, 2.24) is 5.32 Å². The molecule has 1 amide bonds. The molecule has 1 aliphatic rings. The number of nitrogens with one attached hydrogen (secondary N) is 1. The van der Waals surface area contributed by atoms with E-state index in [0.29, 0.717) is 6.42 Å². The summed E-state index contributed by atoms with van der Waals surface area (Å²) in [6, 6.07) is 2.01. The molecule has 3 heteroatoms. The van der Waals surface area contributed by atoms with Crippen molar-refractivity contribution in [3.8, 4) is 0 Å². The minimum atomic E-state index is 0.160. The molecule has 0 radical (unpaired) electrons. The van der Waals surface area contributed by atoms with Crippen molar-refractivity contribution in [2.45, 2.75) is 38.1 Å².